The van der Waals surface area contributed by atoms with Crippen LogP contribution >= 0.6 is 0 Å². The fraction of sp³-hybridized carbons (Fsp3) is 1.00. The highest BCUT2D eigenvalue weighted by Gasteiger charge is 2.27. The van der Waals surface area contributed by atoms with E-state index in [0.717, 1.165) is 6.42 Å². The van der Waals surface area contributed by atoms with Crippen LogP contribution in [-0.2, 0) is 4.89 Å². The fourth-order valence-electron chi connectivity index (χ4n) is 4.13. The maximum atomic E-state index is 8.29. The molecule has 0 fully saturated rings. The number of rotatable bonds is 20. The Morgan fingerprint density at radius 3 is 1.28 bits per heavy atom. The van der Waals surface area contributed by atoms with Gasteiger partial charge in [0.05, 0.1) is 6.61 Å². The molecule has 25 heavy (non-hydrogen) atoms. The van der Waals surface area contributed by atoms with Gasteiger partial charge in [-0.25, -0.2) is 4.89 Å². The van der Waals surface area contributed by atoms with Crippen molar-refractivity contribution in [3.63, 3.8) is 0 Å². The van der Waals surface area contributed by atoms with Crippen molar-refractivity contribution in [3.8, 4) is 0 Å². The van der Waals surface area contributed by atoms with Gasteiger partial charge >= 0.3 is 0 Å². The molecule has 0 atom stereocenters. The lowest BCUT2D eigenvalue weighted by molar-refractivity contribution is -0.242. The van der Waals surface area contributed by atoms with Crippen LogP contribution < -0.4 is 0 Å². The summed E-state index contributed by atoms with van der Waals surface area (Å²) in [7, 11) is 0. The predicted octanol–water partition coefficient (Wildman–Crippen LogP) is 8.54. The van der Waals surface area contributed by atoms with Gasteiger partial charge in [-0.05, 0) is 37.5 Å². The van der Waals surface area contributed by atoms with E-state index in [1.54, 1.807) is 0 Å². The molecule has 0 radical (unpaired) electrons. The molecule has 0 aliphatic heterocycles. The van der Waals surface area contributed by atoms with Crippen LogP contribution in [0.1, 0.15) is 136 Å². The first-order chi connectivity index (χ1) is 12.2. The van der Waals surface area contributed by atoms with Gasteiger partial charge in [0, 0.05) is 0 Å². The third-order valence-corrected chi connectivity index (χ3v) is 5.87. The molecule has 0 aliphatic rings. The van der Waals surface area contributed by atoms with Crippen LogP contribution in [0.4, 0.5) is 0 Å². The molecule has 0 aromatic carbocycles. The quantitative estimate of drug-likeness (QED) is 0.134. The van der Waals surface area contributed by atoms with Crippen molar-refractivity contribution in [2.45, 2.75) is 136 Å². The van der Waals surface area contributed by atoms with Crippen LogP contribution in [0, 0.1) is 5.41 Å². The average molecular weight is 357 g/mol. The zero-order valence-corrected chi connectivity index (χ0v) is 17.8. The third kappa shape index (κ3) is 14.7. The highest BCUT2D eigenvalue weighted by atomic mass is 17.1. The molecule has 0 saturated carbocycles. The molecule has 1 N–H and O–H groups in total. The van der Waals surface area contributed by atoms with E-state index in [-0.39, 0.29) is 0 Å². The molecule has 0 spiro atoms. The molecule has 0 aliphatic carbocycles. The van der Waals surface area contributed by atoms with Crippen molar-refractivity contribution in [1.29, 1.82) is 0 Å². The molecular formula is C23H48O2. The summed E-state index contributed by atoms with van der Waals surface area (Å²) < 4.78 is 0. The molecule has 0 heterocycles. The van der Waals surface area contributed by atoms with E-state index in [0.29, 0.717) is 12.0 Å². The molecule has 0 aromatic heterocycles. The Bertz CT molecular complexity index is 231. The monoisotopic (exact) mass is 356 g/mol. The summed E-state index contributed by atoms with van der Waals surface area (Å²) >= 11 is 0. The van der Waals surface area contributed by atoms with Crippen molar-refractivity contribution >= 4 is 0 Å². The summed E-state index contributed by atoms with van der Waals surface area (Å²) in [6.45, 7) is 7.53. The first kappa shape index (κ1) is 24.9. The van der Waals surface area contributed by atoms with Crippen LogP contribution in [0.5, 0.6) is 0 Å². The topological polar surface area (TPSA) is 29.5 Å². The van der Waals surface area contributed by atoms with Gasteiger partial charge in [-0.15, -0.1) is 0 Å². The van der Waals surface area contributed by atoms with E-state index in [9.17, 15) is 0 Å². The lowest BCUT2D eigenvalue weighted by Crippen LogP contribution is -2.21. The van der Waals surface area contributed by atoms with Gasteiger partial charge in [0.1, 0.15) is 0 Å². The molecule has 0 bridgehead atoms. The van der Waals surface area contributed by atoms with E-state index in [1.807, 2.05) is 0 Å². The second kappa shape index (κ2) is 18.7. The van der Waals surface area contributed by atoms with Crippen LogP contribution in [0.3, 0.4) is 0 Å². The Hall–Kier alpha value is -0.0800. The Balaban J connectivity index is 4.01. The van der Waals surface area contributed by atoms with E-state index in [4.69, 9.17) is 5.26 Å². The molecular weight excluding hydrogens is 308 g/mol. The molecule has 0 aromatic rings. The SMILES string of the molecule is CCCCC(CCCC)(CCCC)CCCCCCCCCCOO. The number of hydrogen-bond acceptors (Lipinski definition) is 2. The largest absolute Gasteiger partial charge is 0.252 e. The molecule has 0 rings (SSSR count). The van der Waals surface area contributed by atoms with Crippen molar-refractivity contribution in [3.05, 3.63) is 0 Å². The van der Waals surface area contributed by atoms with E-state index >= 15 is 0 Å². The van der Waals surface area contributed by atoms with Crippen LogP contribution in [-0.4, -0.2) is 11.9 Å². The second-order valence-electron chi connectivity index (χ2n) is 8.22. The predicted molar refractivity (Wildman–Crippen MR) is 111 cm³/mol. The van der Waals surface area contributed by atoms with E-state index in [2.05, 4.69) is 25.7 Å². The summed E-state index contributed by atoms with van der Waals surface area (Å²) in [5.74, 6) is 0. The zero-order chi connectivity index (χ0) is 18.6. The third-order valence-electron chi connectivity index (χ3n) is 5.87. The minimum absolute atomic E-state index is 0.495. The maximum Gasteiger partial charge on any atom is 0.0819 e. The Morgan fingerprint density at radius 2 is 0.880 bits per heavy atom. The number of unbranched alkanes of at least 4 members (excludes halogenated alkanes) is 10. The Morgan fingerprint density at radius 1 is 0.520 bits per heavy atom. The highest BCUT2D eigenvalue weighted by Crippen LogP contribution is 2.41. The van der Waals surface area contributed by atoms with Crippen LogP contribution in [0.15, 0.2) is 0 Å². The standard InChI is InChI=1S/C23H48O2/c1-4-7-18-23(19-8-5-2,20-9-6-3)21-16-14-12-10-11-13-15-17-22-25-24/h24H,4-22H2,1-3H3. The van der Waals surface area contributed by atoms with Crippen molar-refractivity contribution in [1.82, 2.24) is 0 Å². The zero-order valence-electron chi connectivity index (χ0n) is 17.8. The lowest BCUT2D eigenvalue weighted by Gasteiger charge is -2.35. The molecule has 0 saturated heterocycles. The summed E-state index contributed by atoms with van der Waals surface area (Å²) in [6, 6.07) is 0. The van der Waals surface area contributed by atoms with Gasteiger partial charge in [0.2, 0.25) is 0 Å². The van der Waals surface area contributed by atoms with Gasteiger partial charge in [-0.2, -0.15) is 0 Å². The van der Waals surface area contributed by atoms with Crippen molar-refractivity contribution < 1.29 is 10.1 Å². The highest BCUT2D eigenvalue weighted by molar-refractivity contribution is 4.79. The molecule has 152 valence electrons. The average Bonchev–Trinajstić information content (AvgIpc) is 2.64. The maximum absolute atomic E-state index is 8.29. The minimum Gasteiger partial charge on any atom is -0.252 e. The van der Waals surface area contributed by atoms with Gasteiger partial charge in [-0.3, -0.25) is 5.26 Å². The summed E-state index contributed by atoms with van der Waals surface area (Å²) in [6.07, 6.45) is 24.7. The smallest absolute Gasteiger partial charge is 0.0819 e. The molecule has 0 amide bonds. The van der Waals surface area contributed by atoms with Crippen LogP contribution in [0.25, 0.3) is 0 Å². The molecule has 0 unspecified atom stereocenters. The molecule has 2 nitrogen and oxygen atoms in total. The van der Waals surface area contributed by atoms with Gasteiger partial charge in [0.25, 0.3) is 0 Å². The molecule has 2 heteroatoms. The van der Waals surface area contributed by atoms with Crippen molar-refractivity contribution in [2.75, 3.05) is 6.61 Å². The van der Waals surface area contributed by atoms with E-state index < -0.39 is 0 Å². The minimum atomic E-state index is 0.495. The van der Waals surface area contributed by atoms with Gasteiger partial charge in [0.15, 0.2) is 0 Å². The first-order valence-corrected chi connectivity index (χ1v) is 11.5. The van der Waals surface area contributed by atoms with Crippen molar-refractivity contribution in [2.24, 2.45) is 5.41 Å². The lowest BCUT2D eigenvalue weighted by atomic mass is 9.71. The number of hydrogen-bond donors (Lipinski definition) is 1. The summed E-state index contributed by atoms with van der Waals surface area (Å²) in [4.78, 5) is 4.12. The Kier molecular flexibility index (Phi) is 18.6. The fourth-order valence-corrected chi connectivity index (χ4v) is 4.13. The van der Waals surface area contributed by atoms with E-state index in [1.165, 1.54) is 109 Å². The second-order valence-corrected chi connectivity index (χ2v) is 8.22. The summed E-state index contributed by atoms with van der Waals surface area (Å²) in [5.41, 5.74) is 0.659. The normalized spacial score (nSPS) is 12.0. The van der Waals surface area contributed by atoms with Gasteiger partial charge < -0.3 is 0 Å². The van der Waals surface area contributed by atoms with Crippen LogP contribution in [0.2, 0.25) is 0 Å². The Labute approximate surface area is 159 Å². The first-order valence-electron chi connectivity index (χ1n) is 11.5. The summed E-state index contributed by atoms with van der Waals surface area (Å²) in [5, 5.41) is 8.29. The van der Waals surface area contributed by atoms with Gasteiger partial charge in [-0.1, -0.05) is 104 Å².